The van der Waals surface area contributed by atoms with Crippen molar-refractivity contribution in [2.75, 3.05) is 26.3 Å². The molecule has 2 aliphatic rings. The quantitative estimate of drug-likeness (QED) is 0.858. The Balaban J connectivity index is 1.52. The minimum Gasteiger partial charge on any atom is -0.501 e. The van der Waals surface area contributed by atoms with Crippen molar-refractivity contribution in [1.29, 1.82) is 0 Å². The number of aryl methyl sites for hydroxylation is 1. The Labute approximate surface area is 131 Å². The van der Waals surface area contributed by atoms with Crippen LogP contribution in [0.2, 0.25) is 0 Å². The Hall–Kier alpha value is -1.81. The maximum absolute atomic E-state index is 12.5. The molecule has 0 N–H and O–H groups in total. The van der Waals surface area contributed by atoms with Crippen LogP contribution < -0.4 is 0 Å². The van der Waals surface area contributed by atoms with E-state index in [1.165, 1.54) is 5.56 Å². The van der Waals surface area contributed by atoms with Crippen molar-refractivity contribution in [2.24, 2.45) is 0 Å². The maximum atomic E-state index is 12.5. The lowest BCUT2D eigenvalue weighted by Crippen LogP contribution is -2.46. The molecule has 1 saturated heterocycles. The van der Waals surface area contributed by atoms with Crippen LogP contribution in [-0.2, 0) is 20.7 Å². The van der Waals surface area contributed by atoms with E-state index in [-0.39, 0.29) is 12.0 Å². The third-order valence-corrected chi connectivity index (χ3v) is 4.23. The second-order valence-electron chi connectivity index (χ2n) is 5.89. The summed E-state index contributed by atoms with van der Waals surface area (Å²) in [5, 5.41) is 0. The van der Waals surface area contributed by atoms with Crippen LogP contribution in [0, 0.1) is 0 Å². The largest absolute Gasteiger partial charge is 0.501 e. The van der Waals surface area contributed by atoms with E-state index in [9.17, 15) is 4.79 Å². The van der Waals surface area contributed by atoms with Crippen molar-refractivity contribution < 1.29 is 14.3 Å². The minimum absolute atomic E-state index is 0.118. The van der Waals surface area contributed by atoms with Gasteiger partial charge in [-0.25, -0.2) is 0 Å². The SMILES string of the molecule is O=C(C1=COCCC1)N1CCO[C@H](CCc2ccccc2)C1. The van der Waals surface area contributed by atoms with Gasteiger partial charge in [-0.2, -0.15) is 0 Å². The van der Waals surface area contributed by atoms with Gasteiger partial charge in [0.15, 0.2) is 0 Å². The van der Waals surface area contributed by atoms with E-state index in [4.69, 9.17) is 9.47 Å². The minimum atomic E-state index is 0.118. The van der Waals surface area contributed by atoms with Crippen LogP contribution in [0.1, 0.15) is 24.8 Å². The summed E-state index contributed by atoms with van der Waals surface area (Å²) in [6.45, 7) is 2.71. The zero-order valence-corrected chi connectivity index (χ0v) is 12.9. The topological polar surface area (TPSA) is 38.8 Å². The summed E-state index contributed by atoms with van der Waals surface area (Å²) in [5.74, 6) is 0.118. The Morgan fingerprint density at radius 3 is 2.86 bits per heavy atom. The molecular formula is C18H23NO3. The summed E-state index contributed by atoms with van der Waals surface area (Å²) in [7, 11) is 0. The van der Waals surface area contributed by atoms with Gasteiger partial charge in [0, 0.05) is 13.1 Å². The normalized spacial score (nSPS) is 21.9. The Morgan fingerprint density at radius 2 is 2.09 bits per heavy atom. The van der Waals surface area contributed by atoms with Gasteiger partial charge in [0.25, 0.3) is 5.91 Å². The third-order valence-electron chi connectivity index (χ3n) is 4.23. The van der Waals surface area contributed by atoms with Gasteiger partial charge in [0.05, 0.1) is 31.2 Å². The van der Waals surface area contributed by atoms with E-state index in [1.54, 1.807) is 6.26 Å². The van der Waals surface area contributed by atoms with Crippen molar-refractivity contribution in [3.05, 3.63) is 47.7 Å². The van der Waals surface area contributed by atoms with Crippen LogP contribution in [0.15, 0.2) is 42.2 Å². The summed E-state index contributed by atoms with van der Waals surface area (Å²) in [6.07, 6.45) is 5.45. The van der Waals surface area contributed by atoms with E-state index in [0.29, 0.717) is 19.7 Å². The van der Waals surface area contributed by atoms with Crippen molar-refractivity contribution in [3.8, 4) is 0 Å². The van der Waals surface area contributed by atoms with Crippen molar-refractivity contribution >= 4 is 5.91 Å². The van der Waals surface area contributed by atoms with E-state index >= 15 is 0 Å². The maximum Gasteiger partial charge on any atom is 0.253 e. The molecule has 4 heteroatoms. The summed E-state index contributed by atoms with van der Waals surface area (Å²) < 4.78 is 11.1. The second kappa shape index (κ2) is 7.45. The number of rotatable bonds is 4. The fourth-order valence-electron chi connectivity index (χ4n) is 2.98. The first kappa shape index (κ1) is 15.1. The van der Waals surface area contributed by atoms with Crippen LogP contribution in [0.5, 0.6) is 0 Å². The fourth-order valence-corrected chi connectivity index (χ4v) is 2.98. The number of hydrogen-bond donors (Lipinski definition) is 0. The molecule has 1 aromatic rings. The molecule has 3 rings (SSSR count). The zero-order chi connectivity index (χ0) is 15.2. The summed E-state index contributed by atoms with van der Waals surface area (Å²) in [6, 6.07) is 10.4. The first-order valence-electron chi connectivity index (χ1n) is 8.08. The number of benzene rings is 1. The first-order valence-corrected chi connectivity index (χ1v) is 8.08. The number of carbonyl (C=O) groups excluding carboxylic acids is 1. The smallest absolute Gasteiger partial charge is 0.253 e. The van der Waals surface area contributed by atoms with Gasteiger partial charge in [-0.1, -0.05) is 30.3 Å². The van der Waals surface area contributed by atoms with Crippen LogP contribution in [-0.4, -0.2) is 43.2 Å². The van der Waals surface area contributed by atoms with Crippen LogP contribution in [0.4, 0.5) is 0 Å². The molecule has 1 fully saturated rings. The van der Waals surface area contributed by atoms with Crippen molar-refractivity contribution in [2.45, 2.75) is 31.8 Å². The Bertz CT molecular complexity index is 526. The highest BCUT2D eigenvalue weighted by Crippen LogP contribution is 2.18. The molecule has 2 aliphatic heterocycles. The highest BCUT2D eigenvalue weighted by molar-refractivity contribution is 5.93. The predicted octanol–water partition coefficient (Wildman–Crippen LogP) is 2.54. The zero-order valence-electron chi connectivity index (χ0n) is 12.9. The molecular weight excluding hydrogens is 278 g/mol. The summed E-state index contributed by atoms with van der Waals surface area (Å²) in [4.78, 5) is 14.4. The van der Waals surface area contributed by atoms with Crippen LogP contribution in [0.25, 0.3) is 0 Å². The highest BCUT2D eigenvalue weighted by atomic mass is 16.5. The number of hydrogen-bond acceptors (Lipinski definition) is 3. The monoisotopic (exact) mass is 301 g/mol. The number of amides is 1. The number of carbonyl (C=O) groups is 1. The van der Waals surface area contributed by atoms with E-state index in [1.807, 2.05) is 11.0 Å². The molecule has 118 valence electrons. The Morgan fingerprint density at radius 1 is 1.23 bits per heavy atom. The van der Waals surface area contributed by atoms with E-state index in [2.05, 4.69) is 24.3 Å². The number of nitrogens with zero attached hydrogens (tertiary/aromatic N) is 1. The standard InChI is InChI=1S/C18H23NO3/c20-18(16-7-4-11-21-14-16)19-10-12-22-17(13-19)9-8-15-5-2-1-3-6-15/h1-3,5-6,14,17H,4,7-13H2/t17-/m1/s1. The first-order chi connectivity index (χ1) is 10.8. The lowest BCUT2D eigenvalue weighted by Gasteiger charge is -2.34. The fraction of sp³-hybridized carbons (Fsp3) is 0.500. The number of morpholine rings is 1. The van der Waals surface area contributed by atoms with Gasteiger partial charge in [-0.3, -0.25) is 4.79 Å². The molecule has 0 saturated carbocycles. The molecule has 4 nitrogen and oxygen atoms in total. The number of ether oxygens (including phenoxy) is 2. The lowest BCUT2D eigenvalue weighted by molar-refractivity contribution is -0.135. The highest BCUT2D eigenvalue weighted by Gasteiger charge is 2.26. The average molecular weight is 301 g/mol. The average Bonchev–Trinajstić information content (AvgIpc) is 2.61. The van der Waals surface area contributed by atoms with E-state index in [0.717, 1.165) is 37.9 Å². The second-order valence-corrected chi connectivity index (χ2v) is 5.89. The van der Waals surface area contributed by atoms with Gasteiger partial charge in [0.1, 0.15) is 0 Å². The molecule has 0 unspecified atom stereocenters. The summed E-state index contributed by atoms with van der Waals surface area (Å²) in [5.41, 5.74) is 2.12. The Kier molecular flexibility index (Phi) is 5.11. The van der Waals surface area contributed by atoms with Crippen LogP contribution >= 0.6 is 0 Å². The molecule has 2 heterocycles. The molecule has 0 aliphatic carbocycles. The molecule has 0 spiro atoms. The molecule has 1 atom stereocenters. The van der Waals surface area contributed by atoms with Gasteiger partial charge in [-0.05, 0) is 31.2 Å². The molecule has 1 amide bonds. The van der Waals surface area contributed by atoms with E-state index < -0.39 is 0 Å². The van der Waals surface area contributed by atoms with Crippen LogP contribution in [0.3, 0.4) is 0 Å². The third kappa shape index (κ3) is 3.89. The van der Waals surface area contributed by atoms with Gasteiger partial charge in [0.2, 0.25) is 0 Å². The summed E-state index contributed by atoms with van der Waals surface area (Å²) >= 11 is 0. The molecule has 22 heavy (non-hydrogen) atoms. The van der Waals surface area contributed by atoms with Gasteiger partial charge >= 0.3 is 0 Å². The van der Waals surface area contributed by atoms with Gasteiger partial charge < -0.3 is 14.4 Å². The van der Waals surface area contributed by atoms with Crippen molar-refractivity contribution in [3.63, 3.8) is 0 Å². The molecule has 1 aromatic carbocycles. The lowest BCUT2D eigenvalue weighted by atomic mass is 10.0. The van der Waals surface area contributed by atoms with Crippen molar-refractivity contribution in [1.82, 2.24) is 4.90 Å². The predicted molar refractivity (Wildman–Crippen MR) is 84.4 cm³/mol. The van der Waals surface area contributed by atoms with Gasteiger partial charge in [-0.15, -0.1) is 0 Å². The molecule has 0 bridgehead atoms. The molecule has 0 aromatic heterocycles. The molecule has 0 radical (unpaired) electrons.